The molecule has 0 unspecified atom stereocenters. The van der Waals surface area contributed by atoms with Gasteiger partial charge in [0.1, 0.15) is 17.3 Å². The first-order chi connectivity index (χ1) is 17.2. The number of nitrogens with one attached hydrogen (secondary N) is 2. The van der Waals surface area contributed by atoms with E-state index < -0.39 is 24.2 Å². The molecule has 0 spiro atoms. The average Bonchev–Trinajstić information content (AvgIpc) is 3.31. The predicted octanol–water partition coefficient (Wildman–Crippen LogP) is 4.83. The minimum atomic E-state index is -4.60. The fourth-order valence-corrected chi connectivity index (χ4v) is 4.07. The summed E-state index contributed by atoms with van der Waals surface area (Å²) in [6.45, 7) is 0. The van der Waals surface area contributed by atoms with Crippen LogP contribution in [0.25, 0.3) is 0 Å². The van der Waals surface area contributed by atoms with Crippen LogP contribution in [0.1, 0.15) is 34.6 Å². The summed E-state index contributed by atoms with van der Waals surface area (Å²) in [7, 11) is 5.82. The van der Waals surface area contributed by atoms with Crippen molar-refractivity contribution in [2.24, 2.45) is 0 Å². The van der Waals surface area contributed by atoms with Gasteiger partial charge < -0.3 is 29.6 Å². The third-order valence-electron chi connectivity index (χ3n) is 5.89. The lowest BCUT2D eigenvalue weighted by Gasteiger charge is -2.33. The largest absolute Gasteiger partial charge is 0.497 e. The number of fused-ring (bicyclic) bond motifs is 1. The van der Waals surface area contributed by atoms with Crippen molar-refractivity contribution >= 4 is 17.4 Å². The molecule has 12 heteroatoms. The van der Waals surface area contributed by atoms with Crippen LogP contribution in [0.5, 0.6) is 23.0 Å². The van der Waals surface area contributed by atoms with Crippen molar-refractivity contribution in [3.63, 3.8) is 0 Å². The van der Waals surface area contributed by atoms with E-state index in [4.69, 9.17) is 18.9 Å². The zero-order valence-corrected chi connectivity index (χ0v) is 20.0. The minimum absolute atomic E-state index is 0.0612. The Labute approximate surface area is 205 Å². The molecular weight excluding hydrogens is 481 g/mol. The number of hydrogen-bond acceptors (Lipinski definition) is 7. The Morgan fingerprint density at radius 3 is 2.31 bits per heavy atom. The van der Waals surface area contributed by atoms with E-state index in [-0.39, 0.29) is 23.6 Å². The van der Waals surface area contributed by atoms with Crippen molar-refractivity contribution in [2.45, 2.75) is 24.7 Å². The summed E-state index contributed by atoms with van der Waals surface area (Å²) in [6.07, 6.45) is -4.93. The number of aromatic nitrogens is 2. The van der Waals surface area contributed by atoms with Gasteiger partial charge in [-0.05, 0) is 29.8 Å². The summed E-state index contributed by atoms with van der Waals surface area (Å²) < 4.78 is 63.9. The van der Waals surface area contributed by atoms with E-state index in [1.165, 1.54) is 40.6 Å². The molecule has 1 amide bonds. The lowest BCUT2D eigenvalue weighted by Crippen LogP contribution is -2.35. The van der Waals surface area contributed by atoms with Crippen LogP contribution in [-0.4, -0.2) is 50.3 Å². The molecule has 0 aliphatic carbocycles. The summed E-state index contributed by atoms with van der Waals surface area (Å²) >= 11 is 0. The van der Waals surface area contributed by atoms with E-state index >= 15 is 0 Å². The fraction of sp³-hybridized carbons (Fsp3) is 0.333. The summed E-state index contributed by atoms with van der Waals surface area (Å²) in [5.41, 5.74) is 0.669. The Balaban J connectivity index is 1.66. The highest BCUT2D eigenvalue weighted by atomic mass is 19.4. The molecule has 4 rings (SSSR count). The summed E-state index contributed by atoms with van der Waals surface area (Å²) in [5, 5.41) is 9.68. The van der Waals surface area contributed by atoms with Gasteiger partial charge in [-0.25, -0.2) is 4.68 Å². The molecule has 0 bridgehead atoms. The van der Waals surface area contributed by atoms with Crippen molar-refractivity contribution < 1.29 is 36.9 Å². The summed E-state index contributed by atoms with van der Waals surface area (Å²) in [4.78, 5) is 12.9. The average molecular weight is 506 g/mol. The van der Waals surface area contributed by atoms with E-state index in [9.17, 15) is 18.0 Å². The molecule has 2 atom stereocenters. The third kappa shape index (κ3) is 4.83. The van der Waals surface area contributed by atoms with Gasteiger partial charge in [-0.2, -0.15) is 18.3 Å². The molecule has 1 aliphatic heterocycles. The van der Waals surface area contributed by atoms with E-state index in [1.54, 1.807) is 30.3 Å². The second-order valence-corrected chi connectivity index (χ2v) is 7.98. The van der Waals surface area contributed by atoms with Gasteiger partial charge in [0.15, 0.2) is 23.2 Å². The first kappa shape index (κ1) is 25.0. The fourth-order valence-electron chi connectivity index (χ4n) is 4.07. The van der Waals surface area contributed by atoms with Crippen LogP contribution in [-0.2, 0) is 0 Å². The third-order valence-corrected chi connectivity index (χ3v) is 5.89. The molecule has 36 heavy (non-hydrogen) atoms. The number of amides is 1. The van der Waals surface area contributed by atoms with E-state index in [0.717, 1.165) is 4.68 Å². The van der Waals surface area contributed by atoms with Gasteiger partial charge in [-0.15, -0.1) is 0 Å². The number of halogens is 3. The second-order valence-electron chi connectivity index (χ2n) is 7.98. The highest BCUT2D eigenvalue weighted by Gasteiger charge is 2.47. The maximum absolute atomic E-state index is 14.0. The normalized spacial score (nSPS) is 17.0. The van der Waals surface area contributed by atoms with Gasteiger partial charge in [0.05, 0.1) is 40.2 Å². The molecule has 1 aromatic heterocycles. The van der Waals surface area contributed by atoms with Crippen LogP contribution in [0.4, 0.5) is 24.7 Å². The Morgan fingerprint density at radius 2 is 1.67 bits per heavy atom. The number of rotatable bonds is 7. The van der Waals surface area contributed by atoms with Crippen molar-refractivity contribution in [1.82, 2.24) is 9.78 Å². The zero-order valence-electron chi connectivity index (χ0n) is 20.0. The minimum Gasteiger partial charge on any atom is -0.497 e. The number of carbonyl (C=O) groups excluding carboxylic acids is 1. The van der Waals surface area contributed by atoms with Crippen LogP contribution < -0.4 is 29.6 Å². The van der Waals surface area contributed by atoms with Crippen molar-refractivity contribution in [1.29, 1.82) is 0 Å². The number of benzene rings is 2. The van der Waals surface area contributed by atoms with Crippen LogP contribution in [0, 0.1) is 0 Å². The maximum atomic E-state index is 14.0. The molecule has 1 aliphatic rings. The van der Waals surface area contributed by atoms with Crippen molar-refractivity contribution in [3.05, 3.63) is 53.7 Å². The number of carbonyl (C=O) groups is 1. The van der Waals surface area contributed by atoms with Gasteiger partial charge in [-0.1, -0.05) is 6.07 Å². The van der Waals surface area contributed by atoms with Crippen LogP contribution in [0.2, 0.25) is 0 Å². The molecule has 0 fully saturated rings. The van der Waals surface area contributed by atoms with E-state index in [2.05, 4.69) is 15.7 Å². The van der Waals surface area contributed by atoms with Crippen molar-refractivity contribution in [3.8, 4) is 23.0 Å². The smallest absolute Gasteiger partial charge is 0.410 e. The molecular formula is C24H25F3N4O5. The lowest BCUT2D eigenvalue weighted by atomic mass is 9.96. The molecule has 0 saturated carbocycles. The first-order valence-corrected chi connectivity index (χ1v) is 10.9. The molecule has 3 aromatic rings. The number of methoxy groups -OCH3 is 4. The molecule has 192 valence electrons. The van der Waals surface area contributed by atoms with Crippen molar-refractivity contribution in [2.75, 3.05) is 39.1 Å². The van der Waals surface area contributed by atoms with Crippen LogP contribution in [0.3, 0.4) is 0 Å². The maximum Gasteiger partial charge on any atom is 0.410 e. The van der Waals surface area contributed by atoms with Crippen LogP contribution >= 0.6 is 0 Å². The SMILES string of the molecule is COc1ccc(OC)c(NC(=O)c2cc3n(n2)[C@@H](C(F)(F)F)C[C@H](c2ccc(OC)c(OC)c2)N3)c1. The lowest BCUT2D eigenvalue weighted by molar-refractivity contribution is -0.173. The van der Waals surface area contributed by atoms with E-state index in [0.29, 0.717) is 28.6 Å². The topological polar surface area (TPSA) is 95.9 Å². The standard InChI is InChI=1S/C24H25F3N4O5/c1-33-14-6-8-18(34-2)16(10-14)29-23(32)17-12-22-28-15(11-21(24(25,26)27)31(22)30-17)13-5-7-19(35-3)20(9-13)36-4/h5-10,12,15,21,28H,11H2,1-4H3,(H,29,32)/t15-,21-/m1/s1. The van der Waals surface area contributed by atoms with Gasteiger partial charge in [0.25, 0.3) is 5.91 Å². The van der Waals surface area contributed by atoms with Gasteiger partial charge in [0, 0.05) is 18.6 Å². The molecule has 9 nitrogen and oxygen atoms in total. The molecule has 2 heterocycles. The van der Waals surface area contributed by atoms with Gasteiger partial charge in [-0.3, -0.25) is 4.79 Å². The summed E-state index contributed by atoms with van der Waals surface area (Å²) in [5.74, 6) is 1.04. The predicted molar refractivity (Wildman–Crippen MR) is 125 cm³/mol. The number of alkyl halides is 3. The Hall–Kier alpha value is -4.09. The Morgan fingerprint density at radius 1 is 0.972 bits per heavy atom. The Bertz CT molecular complexity index is 1260. The molecule has 0 radical (unpaired) electrons. The van der Waals surface area contributed by atoms with Gasteiger partial charge >= 0.3 is 6.18 Å². The Kier molecular flexibility index (Phi) is 6.86. The molecule has 0 saturated heterocycles. The second kappa shape index (κ2) is 9.88. The quantitative estimate of drug-likeness (QED) is 0.474. The number of anilines is 2. The van der Waals surface area contributed by atoms with Gasteiger partial charge in [0.2, 0.25) is 0 Å². The van der Waals surface area contributed by atoms with Crippen LogP contribution in [0.15, 0.2) is 42.5 Å². The molecule has 2 aromatic carbocycles. The number of ether oxygens (including phenoxy) is 4. The monoisotopic (exact) mass is 506 g/mol. The zero-order chi connectivity index (χ0) is 26.0. The van der Waals surface area contributed by atoms with E-state index in [1.807, 2.05) is 0 Å². The number of hydrogen-bond donors (Lipinski definition) is 2. The molecule has 2 N–H and O–H groups in total. The number of nitrogens with zero attached hydrogens (tertiary/aromatic N) is 2. The summed E-state index contributed by atoms with van der Waals surface area (Å²) in [6, 6.07) is 8.33. The highest BCUT2D eigenvalue weighted by Crippen LogP contribution is 2.44. The highest BCUT2D eigenvalue weighted by molar-refractivity contribution is 6.04. The first-order valence-electron chi connectivity index (χ1n) is 10.9.